The summed E-state index contributed by atoms with van der Waals surface area (Å²) in [7, 11) is 0. The van der Waals surface area contributed by atoms with Gasteiger partial charge in [0.05, 0.1) is 11.6 Å². The Kier molecular flexibility index (Phi) is 3.98. The summed E-state index contributed by atoms with van der Waals surface area (Å²) in [6, 6.07) is 5.14. The lowest BCUT2D eigenvalue weighted by Crippen LogP contribution is -2.22. The lowest BCUT2D eigenvalue weighted by Gasteiger charge is -2.05. The molecule has 1 heterocycles. The lowest BCUT2D eigenvalue weighted by molar-refractivity contribution is 0.0951. The number of anilines is 1. The van der Waals surface area contributed by atoms with E-state index in [0.717, 1.165) is 14.4 Å². The second-order valence-corrected chi connectivity index (χ2v) is 6.04. The second kappa shape index (κ2) is 5.49. The summed E-state index contributed by atoms with van der Waals surface area (Å²) < 4.78 is 0.793. The fourth-order valence-electron chi connectivity index (χ4n) is 1.50. The molecule has 1 aromatic carbocycles. The van der Waals surface area contributed by atoms with Crippen molar-refractivity contribution < 1.29 is 4.79 Å². The minimum atomic E-state index is -0.144. The number of amides is 1. The average Bonchev–Trinajstić information content (AvgIpc) is 2.70. The summed E-state index contributed by atoms with van der Waals surface area (Å²) in [5.74, 6) is -0.144. The molecule has 0 aliphatic carbocycles. The number of nitrogens with one attached hydrogen (secondary N) is 1. The summed E-state index contributed by atoms with van der Waals surface area (Å²) in [5, 5.41) is 3.83. The number of thiazole rings is 1. The van der Waals surface area contributed by atoms with Crippen LogP contribution in [0.3, 0.4) is 0 Å². The highest BCUT2D eigenvalue weighted by Gasteiger charge is 2.08. The van der Waals surface area contributed by atoms with Gasteiger partial charge in [-0.05, 0) is 25.1 Å². The van der Waals surface area contributed by atoms with Crippen LogP contribution in [0.5, 0.6) is 0 Å². The van der Waals surface area contributed by atoms with Crippen molar-refractivity contribution in [3.8, 4) is 0 Å². The van der Waals surface area contributed by atoms with Crippen molar-refractivity contribution in [1.82, 2.24) is 10.3 Å². The molecule has 0 aliphatic rings. The van der Waals surface area contributed by atoms with E-state index in [1.54, 1.807) is 35.7 Å². The third kappa shape index (κ3) is 3.30. The molecule has 0 spiro atoms. The van der Waals surface area contributed by atoms with Crippen LogP contribution in [0.4, 0.5) is 5.69 Å². The molecule has 2 aromatic rings. The molecule has 0 bridgehead atoms. The van der Waals surface area contributed by atoms with E-state index >= 15 is 0 Å². The fraction of sp³-hybridized carbons (Fsp3) is 0.167. The van der Waals surface area contributed by atoms with Gasteiger partial charge in [0.15, 0.2) is 0 Å². The fourth-order valence-corrected chi connectivity index (χ4v) is 2.75. The zero-order chi connectivity index (χ0) is 13.1. The van der Waals surface area contributed by atoms with Crippen molar-refractivity contribution in [3.05, 3.63) is 44.3 Å². The highest BCUT2D eigenvalue weighted by Crippen LogP contribution is 2.17. The highest BCUT2D eigenvalue weighted by atomic mass is 79.9. The Hall–Kier alpha value is -1.40. The van der Waals surface area contributed by atoms with Crippen molar-refractivity contribution >= 4 is 38.9 Å². The molecule has 0 saturated heterocycles. The number of hydrogen-bond acceptors (Lipinski definition) is 4. The number of hydrogen-bond donors (Lipinski definition) is 2. The first-order chi connectivity index (χ1) is 8.54. The molecular weight excluding hydrogens is 314 g/mol. The van der Waals surface area contributed by atoms with E-state index in [1.165, 1.54) is 0 Å². The number of carbonyl (C=O) groups excluding carboxylic acids is 1. The minimum absolute atomic E-state index is 0.144. The van der Waals surface area contributed by atoms with Gasteiger partial charge in [0, 0.05) is 26.8 Å². The van der Waals surface area contributed by atoms with Crippen molar-refractivity contribution in [2.24, 2.45) is 0 Å². The van der Waals surface area contributed by atoms with Gasteiger partial charge in [0.1, 0.15) is 0 Å². The molecule has 1 aromatic heterocycles. The number of halogens is 1. The molecule has 3 N–H and O–H groups in total. The van der Waals surface area contributed by atoms with Gasteiger partial charge in [-0.25, -0.2) is 4.98 Å². The Morgan fingerprint density at radius 1 is 1.50 bits per heavy atom. The van der Waals surface area contributed by atoms with Crippen LogP contribution < -0.4 is 11.1 Å². The van der Waals surface area contributed by atoms with E-state index in [-0.39, 0.29) is 5.91 Å². The summed E-state index contributed by atoms with van der Waals surface area (Å²) in [4.78, 5) is 17.1. The van der Waals surface area contributed by atoms with E-state index in [4.69, 9.17) is 5.73 Å². The van der Waals surface area contributed by atoms with Gasteiger partial charge >= 0.3 is 0 Å². The van der Waals surface area contributed by atoms with Crippen LogP contribution in [0.1, 0.15) is 20.2 Å². The number of nitrogens with two attached hydrogens (primary N) is 1. The number of carbonyl (C=O) groups is 1. The summed E-state index contributed by atoms with van der Waals surface area (Å²) in [5.41, 5.74) is 6.79. The van der Waals surface area contributed by atoms with Crippen LogP contribution in [-0.4, -0.2) is 10.9 Å². The van der Waals surface area contributed by atoms with Crippen molar-refractivity contribution in [3.63, 3.8) is 0 Å². The lowest BCUT2D eigenvalue weighted by atomic mass is 10.2. The quantitative estimate of drug-likeness (QED) is 0.852. The minimum Gasteiger partial charge on any atom is -0.399 e. The molecule has 1 amide bonds. The molecule has 0 saturated carbocycles. The number of benzene rings is 1. The van der Waals surface area contributed by atoms with Crippen molar-refractivity contribution in [1.29, 1.82) is 0 Å². The van der Waals surface area contributed by atoms with Crippen LogP contribution in [-0.2, 0) is 6.54 Å². The number of nitrogen functional groups attached to an aromatic ring is 1. The molecule has 6 heteroatoms. The standard InChI is InChI=1S/C12H12BrN3OS/c1-7-15-5-11(18-7)6-16-12(17)8-2-9(13)4-10(14)3-8/h2-5H,6,14H2,1H3,(H,16,17). The molecule has 2 rings (SSSR count). The predicted molar refractivity (Wildman–Crippen MR) is 76.6 cm³/mol. The molecule has 0 radical (unpaired) electrons. The molecule has 0 aliphatic heterocycles. The molecule has 0 fully saturated rings. The number of nitrogens with zero attached hydrogens (tertiary/aromatic N) is 1. The number of aryl methyl sites for hydroxylation is 1. The Bertz CT molecular complexity index is 562. The average molecular weight is 326 g/mol. The maximum atomic E-state index is 11.9. The third-order valence-corrected chi connectivity index (χ3v) is 3.65. The molecular formula is C12H12BrN3OS. The third-order valence-electron chi connectivity index (χ3n) is 2.27. The van der Waals surface area contributed by atoms with E-state index in [9.17, 15) is 4.79 Å². The van der Waals surface area contributed by atoms with Gasteiger partial charge < -0.3 is 11.1 Å². The van der Waals surface area contributed by atoms with Gasteiger partial charge in [-0.3, -0.25) is 4.79 Å². The van der Waals surface area contributed by atoms with Crippen LogP contribution in [0.2, 0.25) is 0 Å². The first kappa shape index (κ1) is 13.0. The first-order valence-electron chi connectivity index (χ1n) is 5.30. The van der Waals surface area contributed by atoms with Gasteiger partial charge in [0.25, 0.3) is 5.91 Å². The molecule has 18 heavy (non-hydrogen) atoms. The Morgan fingerprint density at radius 3 is 2.89 bits per heavy atom. The van der Waals surface area contributed by atoms with E-state index in [2.05, 4.69) is 26.2 Å². The molecule has 0 unspecified atom stereocenters. The van der Waals surface area contributed by atoms with Gasteiger partial charge in [-0.1, -0.05) is 15.9 Å². The smallest absolute Gasteiger partial charge is 0.251 e. The van der Waals surface area contributed by atoms with Crippen molar-refractivity contribution in [2.45, 2.75) is 13.5 Å². The summed E-state index contributed by atoms with van der Waals surface area (Å²) >= 11 is 4.88. The second-order valence-electron chi connectivity index (χ2n) is 3.80. The topological polar surface area (TPSA) is 68.0 Å². The Labute approximate surface area is 117 Å². The van der Waals surface area contributed by atoms with E-state index in [0.29, 0.717) is 17.8 Å². The SMILES string of the molecule is Cc1ncc(CNC(=O)c2cc(N)cc(Br)c2)s1. The predicted octanol–water partition coefficient (Wildman–Crippen LogP) is 2.73. The van der Waals surface area contributed by atoms with Crippen molar-refractivity contribution in [2.75, 3.05) is 5.73 Å². The van der Waals surface area contributed by atoms with Crippen LogP contribution in [0, 0.1) is 6.92 Å². The van der Waals surface area contributed by atoms with E-state index in [1.807, 2.05) is 6.92 Å². The first-order valence-corrected chi connectivity index (χ1v) is 6.91. The summed E-state index contributed by atoms with van der Waals surface area (Å²) in [6.45, 7) is 2.42. The van der Waals surface area contributed by atoms with Crippen LogP contribution in [0.15, 0.2) is 28.9 Å². The molecule has 4 nitrogen and oxygen atoms in total. The van der Waals surface area contributed by atoms with Gasteiger partial charge in [-0.2, -0.15) is 0 Å². The zero-order valence-corrected chi connectivity index (χ0v) is 12.1. The van der Waals surface area contributed by atoms with Crippen LogP contribution >= 0.6 is 27.3 Å². The molecule has 94 valence electrons. The maximum Gasteiger partial charge on any atom is 0.251 e. The maximum absolute atomic E-state index is 11.9. The Balaban J connectivity index is 2.03. The monoisotopic (exact) mass is 325 g/mol. The normalized spacial score (nSPS) is 10.3. The highest BCUT2D eigenvalue weighted by molar-refractivity contribution is 9.10. The largest absolute Gasteiger partial charge is 0.399 e. The zero-order valence-electron chi connectivity index (χ0n) is 9.74. The summed E-state index contributed by atoms with van der Waals surface area (Å²) in [6.07, 6.45) is 1.77. The van der Waals surface area contributed by atoms with Gasteiger partial charge in [0.2, 0.25) is 0 Å². The van der Waals surface area contributed by atoms with E-state index < -0.39 is 0 Å². The Morgan fingerprint density at radius 2 is 2.28 bits per heavy atom. The molecule has 0 atom stereocenters. The number of aromatic nitrogens is 1. The van der Waals surface area contributed by atoms with Gasteiger partial charge in [-0.15, -0.1) is 11.3 Å². The number of rotatable bonds is 3. The van der Waals surface area contributed by atoms with Crippen LogP contribution in [0.25, 0.3) is 0 Å².